The molecule has 162 valence electrons. The third-order valence-corrected chi connectivity index (χ3v) is 4.20. The van der Waals surface area contributed by atoms with E-state index in [0.717, 1.165) is 12.8 Å². The highest BCUT2D eigenvalue weighted by atomic mass is 16.6. The molecule has 0 unspecified atom stereocenters. The summed E-state index contributed by atoms with van der Waals surface area (Å²) in [5, 5.41) is 16.0. The normalized spacial score (nSPS) is 10.8. The van der Waals surface area contributed by atoms with Crippen molar-refractivity contribution >= 4 is 23.6 Å². The SMILES string of the molecule is C=CCNC(=O)/C(=C\c1ccc([N+](=O)[O-])cc1)NC(=O)c1ccc(OCCCC)cc1. The smallest absolute Gasteiger partial charge is 0.269 e. The predicted octanol–water partition coefficient (Wildman–Crippen LogP) is 3.85. The zero-order chi connectivity index (χ0) is 22.6. The molecule has 0 aliphatic carbocycles. The van der Waals surface area contributed by atoms with E-state index >= 15 is 0 Å². The first kappa shape index (κ1) is 23.3. The molecule has 2 aromatic rings. The highest BCUT2D eigenvalue weighted by molar-refractivity contribution is 6.05. The number of non-ortho nitro benzene ring substituents is 1. The Kier molecular flexibility index (Phi) is 8.97. The number of nitro groups is 1. The van der Waals surface area contributed by atoms with Crippen molar-refractivity contribution in [2.45, 2.75) is 19.8 Å². The second-order valence-electron chi connectivity index (χ2n) is 6.59. The van der Waals surface area contributed by atoms with Gasteiger partial charge in [0.2, 0.25) is 0 Å². The summed E-state index contributed by atoms with van der Waals surface area (Å²) in [5.74, 6) is -0.316. The third kappa shape index (κ3) is 7.43. The maximum Gasteiger partial charge on any atom is 0.269 e. The van der Waals surface area contributed by atoms with Crippen molar-refractivity contribution < 1.29 is 19.2 Å². The molecule has 0 radical (unpaired) electrons. The van der Waals surface area contributed by atoms with Crippen LogP contribution in [0.4, 0.5) is 5.69 Å². The Morgan fingerprint density at radius 1 is 1.13 bits per heavy atom. The number of rotatable bonds is 11. The van der Waals surface area contributed by atoms with Crippen LogP contribution in [0, 0.1) is 10.1 Å². The minimum atomic E-state index is -0.511. The van der Waals surface area contributed by atoms with Crippen LogP contribution in [0.3, 0.4) is 0 Å². The van der Waals surface area contributed by atoms with Crippen molar-refractivity contribution in [3.63, 3.8) is 0 Å². The molecule has 0 atom stereocenters. The van der Waals surface area contributed by atoms with E-state index in [2.05, 4.69) is 24.1 Å². The standard InChI is InChI=1S/C23H25N3O5/c1-3-5-15-31-20-12-8-18(9-13-20)22(27)25-21(23(28)24-14-4-2)16-17-6-10-19(11-7-17)26(29)30/h4,6-13,16H,2-3,5,14-15H2,1H3,(H,24,28)(H,25,27)/b21-16+. The van der Waals surface area contributed by atoms with E-state index in [1.165, 1.54) is 36.4 Å². The Morgan fingerprint density at radius 3 is 2.39 bits per heavy atom. The fraction of sp³-hybridized carbons (Fsp3) is 0.217. The summed E-state index contributed by atoms with van der Waals surface area (Å²) in [6.07, 6.45) is 4.93. The van der Waals surface area contributed by atoms with Gasteiger partial charge in [0.05, 0.1) is 11.5 Å². The fourth-order valence-electron chi connectivity index (χ4n) is 2.51. The van der Waals surface area contributed by atoms with Gasteiger partial charge in [0.1, 0.15) is 11.4 Å². The molecule has 2 amide bonds. The molecule has 0 heterocycles. The molecule has 2 rings (SSSR count). The van der Waals surface area contributed by atoms with Gasteiger partial charge < -0.3 is 15.4 Å². The molecule has 31 heavy (non-hydrogen) atoms. The van der Waals surface area contributed by atoms with Crippen molar-refractivity contribution in [2.75, 3.05) is 13.2 Å². The number of carbonyl (C=O) groups excluding carboxylic acids is 2. The average molecular weight is 423 g/mol. The summed E-state index contributed by atoms with van der Waals surface area (Å²) >= 11 is 0. The molecule has 0 saturated heterocycles. The topological polar surface area (TPSA) is 111 Å². The second kappa shape index (κ2) is 11.9. The number of hydrogen-bond acceptors (Lipinski definition) is 5. The van der Waals surface area contributed by atoms with Crippen LogP contribution in [0.25, 0.3) is 6.08 Å². The van der Waals surface area contributed by atoms with Crippen LogP contribution in [0.15, 0.2) is 66.9 Å². The summed E-state index contributed by atoms with van der Waals surface area (Å²) in [4.78, 5) is 35.4. The highest BCUT2D eigenvalue weighted by Gasteiger charge is 2.15. The summed E-state index contributed by atoms with van der Waals surface area (Å²) in [6.45, 7) is 6.44. The Balaban J connectivity index is 2.18. The van der Waals surface area contributed by atoms with Crippen molar-refractivity contribution in [2.24, 2.45) is 0 Å². The Labute approximate surface area is 180 Å². The summed E-state index contributed by atoms with van der Waals surface area (Å²) in [7, 11) is 0. The van der Waals surface area contributed by atoms with Crippen LogP contribution in [0.5, 0.6) is 5.75 Å². The lowest BCUT2D eigenvalue weighted by molar-refractivity contribution is -0.384. The molecule has 0 spiro atoms. The monoisotopic (exact) mass is 423 g/mol. The predicted molar refractivity (Wildman–Crippen MR) is 119 cm³/mol. The minimum absolute atomic E-state index is 0.00368. The van der Waals surface area contributed by atoms with Gasteiger partial charge in [-0.15, -0.1) is 6.58 Å². The van der Waals surface area contributed by atoms with Gasteiger partial charge in [-0.05, 0) is 54.5 Å². The first-order valence-electron chi connectivity index (χ1n) is 9.84. The van der Waals surface area contributed by atoms with Gasteiger partial charge in [-0.1, -0.05) is 19.4 Å². The van der Waals surface area contributed by atoms with E-state index in [1.54, 1.807) is 24.3 Å². The summed E-state index contributed by atoms with van der Waals surface area (Å²) < 4.78 is 5.59. The molecule has 8 nitrogen and oxygen atoms in total. The van der Waals surface area contributed by atoms with Gasteiger partial charge in [0.15, 0.2) is 0 Å². The molecule has 0 aromatic heterocycles. The number of unbranched alkanes of at least 4 members (excludes halogenated alkanes) is 1. The number of nitrogens with zero attached hydrogens (tertiary/aromatic N) is 1. The lowest BCUT2D eigenvalue weighted by Crippen LogP contribution is -2.34. The van der Waals surface area contributed by atoms with Crippen molar-refractivity contribution in [1.82, 2.24) is 10.6 Å². The van der Waals surface area contributed by atoms with Gasteiger partial charge in [0.25, 0.3) is 17.5 Å². The van der Waals surface area contributed by atoms with E-state index in [0.29, 0.717) is 23.5 Å². The molecule has 0 bridgehead atoms. The zero-order valence-corrected chi connectivity index (χ0v) is 17.3. The van der Waals surface area contributed by atoms with Crippen LogP contribution in [0.1, 0.15) is 35.7 Å². The first-order valence-corrected chi connectivity index (χ1v) is 9.84. The van der Waals surface area contributed by atoms with Gasteiger partial charge in [-0.25, -0.2) is 0 Å². The third-order valence-electron chi connectivity index (χ3n) is 4.20. The molecule has 0 aliphatic heterocycles. The van der Waals surface area contributed by atoms with Gasteiger partial charge >= 0.3 is 0 Å². The first-order chi connectivity index (χ1) is 14.9. The molecule has 0 saturated carbocycles. The molecule has 2 N–H and O–H groups in total. The van der Waals surface area contributed by atoms with Crippen LogP contribution in [0.2, 0.25) is 0 Å². The molecular formula is C23H25N3O5. The number of ether oxygens (including phenoxy) is 1. The van der Waals surface area contributed by atoms with Crippen molar-refractivity contribution in [3.05, 3.63) is 88.1 Å². The zero-order valence-electron chi connectivity index (χ0n) is 17.3. The molecule has 8 heteroatoms. The largest absolute Gasteiger partial charge is 0.494 e. The van der Waals surface area contributed by atoms with Crippen molar-refractivity contribution in [1.29, 1.82) is 0 Å². The lowest BCUT2D eigenvalue weighted by atomic mass is 10.1. The molecular weight excluding hydrogens is 398 g/mol. The number of benzene rings is 2. The molecule has 0 aliphatic rings. The van der Waals surface area contributed by atoms with E-state index in [4.69, 9.17) is 4.74 Å². The van der Waals surface area contributed by atoms with E-state index in [-0.39, 0.29) is 17.9 Å². The fourth-order valence-corrected chi connectivity index (χ4v) is 2.51. The maximum atomic E-state index is 12.7. The summed E-state index contributed by atoms with van der Waals surface area (Å²) in [5.41, 5.74) is 0.812. The quantitative estimate of drug-likeness (QED) is 0.188. The highest BCUT2D eigenvalue weighted by Crippen LogP contribution is 2.15. The second-order valence-corrected chi connectivity index (χ2v) is 6.59. The van der Waals surface area contributed by atoms with Crippen molar-refractivity contribution in [3.8, 4) is 5.75 Å². The molecule has 0 fully saturated rings. The molecule has 2 aromatic carbocycles. The number of nitro benzene ring substituents is 1. The van der Waals surface area contributed by atoms with Gasteiger partial charge in [-0.2, -0.15) is 0 Å². The number of hydrogen-bond donors (Lipinski definition) is 2. The van der Waals surface area contributed by atoms with E-state index in [1.807, 2.05) is 0 Å². The Morgan fingerprint density at radius 2 is 1.81 bits per heavy atom. The maximum absolute atomic E-state index is 12.7. The summed E-state index contributed by atoms with van der Waals surface area (Å²) in [6, 6.07) is 12.3. The van der Waals surface area contributed by atoms with Gasteiger partial charge in [0, 0.05) is 24.2 Å². The van der Waals surface area contributed by atoms with E-state index < -0.39 is 16.7 Å². The van der Waals surface area contributed by atoms with Crippen LogP contribution in [-0.2, 0) is 4.79 Å². The van der Waals surface area contributed by atoms with Gasteiger partial charge in [-0.3, -0.25) is 19.7 Å². The Bertz CT molecular complexity index is 950. The van der Waals surface area contributed by atoms with Crippen LogP contribution in [-0.4, -0.2) is 29.9 Å². The number of amides is 2. The minimum Gasteiger partial charge on any atom is -0.494 e. The van der Waals surface area contributed by atoms with Crippen LogP contribution >= 0.6 is 0 Å². The van der Waals surface area contributed by atoms with Crippen LogP contribution < -0.4 is 15.4 Å². The number of carbonyl (C=O) groups is 2. The Hall–Kier alpha value is -3.94. The number of nitrogens with one attached hydrogen (secondary N) is 2. The lowest BCUT2D eigenvalue weighted by Gasteiger charge is -2.11. The average Bonchev–Trinajstić information content (AvgIpc) is 2.78. The van der Waals surface area contributed by atoms with E-state index in [9.17, 15) is 19.7 Å².